The van der Waals surface area contributed by atoms with Gasteiger partial charge < -0.3 is 10.1 Å². The minimum Gasteiger partial charge on any atom is -0.465 e. The number of ketones is 1. The number of hydrogen-bond acceptors (Lipinski definition) is 5. The topological polar surface area (TPSA) is 58.6 Å². The normalized spacial score (nSPS) is 17.0. The zero-order valence-electron chi connectivity index (χ0n) is 12.7. The Bertz CT molecular complexity index is 513. The van der Waals surface area contributed by atoms with Crippen molar-refractivity contribution in [2.75, 3.05) is 32.8 Å². The summed E-state index contributed by atoms with van der Waals surface area (Å²) in [7, 11) is 0. The average Bonchev–Trinajstić information content (AvgIpc) is 2.54. The van der Waals surface area contributed by atoms with Crippen molar-refractivity contribution in [1.29, 1.82) is 0 Å². The van der Waals surface area contributed by atoms with Crippen LogP contribution in [0.25, 0.3) is 0 Å². The molecule has 0 radical (unpaired) electrons. The molecule has 1 aromatic rings. The first-order valence-electron chi connectivity index (χ1n) is 7.52. The van der Waals surface area contributed by atoms with E-state index in [0.29, 0.717) is 17.2 Å². The lowest BCUT2D eigenvalue weighted by atomic mass is 10.0. The molecule has 0 spiro atoms. The minimum absolute atomic E-state index is 0.0757. The molecule has 2 rings (SSSR count). The van der Waals surface area contributed by atoms with E-state index >= 15 is 0 Å². The molecule has 0 aromatic heterocycles. The molecule has 1 aromatic carbocycles. The fraction of sp³-hybridized carbons (Fsp3) is 0.500. The summed E-state index contributed by atoms with van der Waals surface area (Å²) in [5.41, 5.74) is 0.564. The van der Waals surface area contributed by atoms with Crippen LogP contribution in [0.5, 0.6) is 0 Å². The van der Waals surface area contributed by atoms with E-state index in [0.717, 1.165) is 26.2 Å². The summed E-state index contributed by atoms with van der Waals surface area (Å²) in [6.45, 7) is 5.18. The monoisotopic (exact) mass is 324 g/mol. The molecule has 1 fully saturated rings. The summed E-state index contributed by atoms with van der Waals surface area (Å²) < 4.78 is 5.14. The van der Waals surface area contributed by atoms with Gasteiger partial charge in [-0.3, -0.25) is 14.5 Å². The van der Waals surface area contributed by atoms with Crippen molar-refractivity contribution >= 4 is 23.4 Å². The van der Waals surface area contributed by atoms with Crippen LogP contribution in [0.2, 0.25) is 5.02 Å². The smallest absolute Gasteiger partial charge is 0.323 e. The summed E-state index contributed by atoms with van der Waals surface area (Å²) in [4.78, 5) is 26.6. The molecule has 0 aliphatic carbocycles. The lowest BCUT2D eigenvalue weighted by Crippen LogP contribution is -2.52. The molecule has 120 valence electrons. The lowest BCUT2D eigenvalue weighted by molar-refractivity contribution is -0.149. The predicted molar refractivity (Wildman–Crippen MR) is 85.3 cm³/mol. The van der Waals surface area contributed by atoms with Gasteiger partial charge >= 0.3 is 5.97 Å². The molecule has 0 unspecified atom stereocenters. The van der Waals surface area contributed by atoms with Crippen LogP contribution in [0.15, 0.2) is 24.3 Å². The van der Waals surface area contributed by atoms with Crippen molar-refractivity contribution in [2.24, 2.45) is 0 Å². The van der Waals surface area contributed by atoms with Crippen LogP contribution in [0.3, 0.4) is 0 Å². The molecule has 1 aliphatic rings. The first-order chi connectivity index (χ1) is 10.6. The molecule has 0 saturated carbocycles. The van der Waals surface area contributed by atoms with E-state index in [4.69, 9.17) is 16.3 Å². The number of carbonyl (C=O) groups is 2. The number of nitrogens with one attached hydrogen (secondary N) is 1. The van der Waals surface area contributed by atoms with Gasteiger partial charge in [0.05, 0.1) is 6.61 Å². The molecule has 1 saturated heterocycles. The van der Waals surface area contributed by atoms with E-state index in [2.05, 4.69) is 5.32 Å². The fourth-order valence-corrected chi connectivity index (χ4v) is 2.65. The number of halogens is 1. The van der Waals surface area contributed by atoms with Crippen LogP contribution in [0.1, 0.15) is 23.7 Å². The molecular weight excluding hydrogens is 304 g/mol. The van der Waals surface area contributed by atoms with E-state index in [-0.39, 0.29) is 18.2 Å². The van der Waals surface area contributed by atoms with E-state index in [1.807, 2.05) is 4.90 Å². The van der Waals surface area contributed by atoms with Crippen LogP contribution >= 0.6 is 11.6 Å². The Hall–Kier alpha value is -1.43. The van der Waals surface area contributed by atoms with Crippen molar-refractivity contribution in [3.63, 3.8) is 0 Å². The Labute approximate surface area is 135 Å². The Balaban J connectivity index is 2.09. The number of rotatable bonds is 6. The van der Waals surface area contributed by atoms with Crippen LogP contribution < -0.4 is 5.32 Å². The third-order valence-corrected chi connectivity index (χ3v) is 3.95. The maximum Gasteiger partial charge on any atom is 0.323 e. The first-order valence-corrected chi connectivity index (χ1v) is 7.89. The van der Waals surface area contributed by atoms with Crippen molar-refractivity contribution in [2.45, 2.75) is 19.4 Å². The molecular formula is C16H21ClN2O3. The summed E-state index contributed by atoms with van der Waals surface area (Å²) in [6, 6.07) is 6.21. The van der Waals surface area contributed by atoms with Gasteiger partial charge in [-0.2, -0.15) is 0 Å². The molecule has 5 nitrogen and oxygen atoms in total. The van der Waals surface area contributed by atoms with E-state index in [9.17, 15) is 9.59 Å². The maximum absolute atomic E-state index is 12.4. The number of nitrogens with zero attached hydrogens (tertiary/aromatic N) is 1. The number of esters is 1. The number of Topliss-reactive ketones (excluding diaryl/α,β-unsaturated/α-hetero) is 1. The maximum atomic E-state index is 12.4. The van der Waals surface area contributed by atoms with Crippen molar-refractivity contribution in [3.8, 4) is 0 Å². The second kappa shape index (κ2) is 8.27. The number of carbonyl (C=O) groups excluding carboxylic acids is 2. The molecule has 6 heteroatoms. The van der Waals surface area contributed by atoms with E-state index in [1.165, 1.54) is 0 Å². The standard InChI is InChI=1S/C16H21ClN2O3/c1-2-22-16(21)14(19-9-7-18-8-10-19)11-15(20)12-3-5-13(17)6-4-12/h3-6,14,18H,2,7-11H2,1H3/t14-/m1/s1. The van der Waals surface area contributed by atoms with Crippen LogP contribution in [0, 0.1) is 0 Å². The van der Waals surface area contributed by atoms with Crippen LogP contribution in [-0.4, -0.2) is 55.5 Å². The quantitative estimate of drug-likeness (QED) is 0.638. The Morgan fingerprint density at radius 1 is 1.27 bits per heavy atom. The van der Waals surface area contributed by atoms with Gasteiger partial charge in [-0.05, 0) is 31.2 Å². The molecule has 1 N–H and O–H groups in total. The zero-order chi connectivity index (χ0) is 15.9. The molecule has 1 atom stereocenters. The first kappa shape index (κ1) is 16.9. The SMILES string of the molecule is CCOC(=O)[C@@H](CC(=O)c1ccc(Cl)cc1)N1CCNCC1. The Kier molecular flexibility index (Phi) is 6.36. The number of hydrogen-bond donors (Lipinski definition) is 1. The van der Waals surface area contributed by atoms with Gasteiger partial charge in [0.25, 0.3) is 0 Å². The highest BCUT2D eigenvalue weighted by molar-refractivity contribution is 6.30. The molecule has 22 heavy (non-hydrogen) atoms. The highest BCUT2D eigenvalue weighted by Crippen LogP contribution is 2.15. The molecule has 1 heterocycles. The van der Waals surface area contributed by atoms with Gasteiger partial charge in [0, 0.05) is 43.2 Å². The van der Waals surface area contributed by atoms with Crippen LogP contribution in [-0.2, 0) is 9.53 Å². The van der Waals surface area contributed by atoms with Crippen LogP contribution in [0.4, 0.5) is 0 Å². The second-order valence-electron chi connectivity index (χ2n) is 5.19. The Morgan fingerprint density at radius 3 is 2.50 bits per heavy atom. The van der Waals surface area contributed by atoms with Crippen molar-refractivity contribution < 1.29 is 14.3 Å². The van der Waals surface area contributed by atoms with Gasteiger partial charge in [-0.1, -0.05) is 11.6 Å². The number of benzene rings is 1. The zero-order valence-corrected chi connectivity index (χ0v) is 13.4. The van der Waals surface area contributed by atoms with Gasteiger partial charge in [-0.25, -0.2) is 0 Å². The van der Waals surface area contributed by atoms with E-state index in [1.54, 1.807) is 31.2 Å². The predicted octanol–water partition coefficient (Wildman–Crippen LogP) is 1.75. The Morgan fingerprint density at radius 2 is 1.91 bits per heavy atom. The largest absolute Gasteiger partial charge is 0.465 e. The average molecular weight is 325 g/mol. The van der Waals surface area contributed by atoms with Gasteiger partial charge in [0.1, 0.15) is 6.04 Å². The van der Waals surface area contributed by atoms with Crippen molar-refractivity contribution in [1.82, 2.24) is 10.2 Å². The van der Waals surface area contributed by atoms with Gasteiger partial charge in [0.15, 0.2) is 5.78 Å². The number of ether oxygens (including phenoxy) is 1. The molecule has 0 bridgehead atoms. The summed E-state index contributed by atoms with van der Waals surface area (Å²) in [5, 5.41) is 3.82. The highest BCUT2D eigenvalue weighted by Gasteiger charge is 2.30. The number of piperazine rings is 1. The van der Waals surface area contributed by atoms with Gasteiger partial charge in [-0.15, -0.1) is 0 Å². The second-order valence-corrected chi connectivity index (χ2v) is 5.62. The summed E-state index contributed by atoms with van der Waals surface area (Å²) >= 11 is 5.83. The van der Waals surface area contributed by atoms with E-state index < -0.39 is 6.04 Å². The fourth-order valence-electron chi connectivity index (χ4n) is 2.52. The third kappa shape index (κ3) is 4.53. The lowest BCUT2D eigenvalue weighted by Gasteiger charge is -2.33. The van der Waals surface area contributed by atoms with Gasteiger partial charge in [0.2, 0.25) is 0 Å². The minimum atomic E-state index is -0.523. The van der Waals surface area contributed by atoms with Crippen molar-refractivity contribution in [3.05, 3.63) is 34.9 Å². The highest BCUT2D eigenvalue weighted by atomic mass is 35.5. The molecule has 0 amide bonds. The molecule has 1 aliphatic heterocycles. The summed E-state index contributed by atoms with van der Waals surface area (Å²) in [6.07, 6.45) is 0.125. The summed E-state index contributed by atoms with van der Waals surface area (Å²) in [5.74, 6) is -0.403. The third-order valence-electron chi connectivity index (χ3n) is 3.70.